The number of hydrogen-bond acceptors (Lipinski definition) is 5. The van der Waals surface area contributed by atoms with Crippen LogP contribution in [0.3, 0.4) is 0 Å². The molecule has 0 unspecified atom stereocenters. The van der Waals surface area contributed by atoms with Crippen molar-refractivity contribution >= 4 is 77.3 Å². The third-order valence-electron chi connectivity index (χ3n) is 3.85. The van der Waals surface area contributed by atoms with E-state index in [9.17, 15) is 18.3 Å². The van der Waals surface area contributed by atoms with E-state index in [1.807, 2.05) is 0 Å². The zero-order valence-electron chi connectivity index (χ0n) is 14.7. The normalized spacial score (nSPS) is 12.0. The summed E-state index contributed by atoms with van der Waals surface area (Å²) >= 11 is 15.4. The Bertz CT molecular complexity index is 1240. The van der Waals surface area contributed by atoms with Crippen molar-refractivity contribution < 1.29 is 18.3 Å². The van der Waals surface area contributed by atoms with Gasteiger partial charge >= 0.3 is 0 Å². The number of H-pyrrole nitrogens is 1. The van der Waals surface area contributed by atoms with Gasteiger partial charge in [0, 0.05) is 9.86 Å². The Kier molecular flexibility index (Phi) is 6.18. The maximum Gasteiger partial charge on any atom is 0.285 e. The number of rotatable bonds is 5. The maximum atomic E-state index is 12.3. The van der Waals surface area contributed by atoms with Gasteiger partial charge in [-0.1, -0.05) is 45.2 Å². The summed E-state index contributed by atoms with van der Waals surface area (Å²) in [5.41, 5.74) is 0.695. The van der Waals surface area contributed by atoms with E-state index >= 15 is 0 Å². The van der Waals surface area contributed by atoms with Crippen molar-refractivity contribution in [1.29, 1.82) is 0 Å². The third kappa shape index (κ3) is 4.72. The zero-order chi connectivity index (χ0) is 21.3. The number of benzene rings is 2. The lowest BCUT2D eigenvalue weighted by Gasteiger charge is -2.21. The molecule has 152 valence electrons. The molecule has 0 atom stereocenters. The highest BCUT2D eigenvalue weighted by Gasteiger charge is 2.24. The number of hydrogen-bond donors (Lipinski definition) is 2. The molecule has 2 aromatic carbocycles. The number of azo groups is 1. The smallest absolute Gasteiger partial charge is 0.285 e. The average Bonchev–Trinajstić information content (AvgIpc) is 2.94. The fraction of sp³-hybridized carbons (Fsp3) is 0.118. The highest BCUT2D eigenvalue weighted by Crippen LogP contribution is 2.37. The number of halogens is 3. The molecule has 0 saturated heterocycles. The van der Waals surface area contributed by atoms with Gasteiger partial charge in [0.2, 0.25) is 15.9 Å². The van der Waals surface area contributed by atoms with Crippen molar-refractivity contribution in [1.82, 2.24) is 4.98 Å². The fourth-order valence-electron chi connectivity index (χ4n) is 2.56. The first-order valence-corrected chi connectivity index (χ1v) is 11.3. The number of nitrogens with zero attached hydrogens (tertiary/aromatic N) is 3. The van der Waals surface area contributed by atoms with E-state index in [2.05, 4.69) is 31.1 Å². The van der Waals surface area contributed by atoms with Gasteiger partial charge in [0.05, 0.1) is 27.5 Å². The molecule has 0 aliphatic carbocycles. The Hall–Kier alpha value is -2.14. The number of fused-ring (bicyclic) bond motifs is 1. The summed E-state index contributed by atoms with van der Waals surface area (Å²) in [5, 5.41) is 18.0. The SMILES string of the molecule is CS(=O)(=O)N(CC(=O)N=Nc1c(O)[nH]c2ccc(Br)cc12)c1cccc(Cl)c1Cl. The summed E-state index contributed by atoms with van der Waals surface area (Å²) in [4.78, 5) is 15.0. The maximum absolute atomic E-state index is 12.3. The molecular formula is C17H13BrCl2N4O4S. The molecule has 3 rings (SSSR count). The molecule has 8 nitrogen and oxygen atoms in total. The highest BCUT2D eigenvalue weighted by molar-refractivity contribution is 9.10. The molecule has 0 spiro atoms. The van der Waals surface area contributed by atoms with E-state index in [0.29, 0.717) is 10.9 Å². The Balaban J connectivity index is 1.91. The van der Waals surface area contributed by atoms with Crippen molar-refractivity contribution in [3.8, 4) is 5.88 Å². The number of aromatic amines is 1. The summed E-state index contributed by atoms with van der Waals surface area (Å²) < 4.78 is 25.9. The highest BCUT2D eigenvalue weighted by atomic mass is 79.9. The van der Waals surface area contributed by atoms with E-state index in [-0.39, 0.29) is 27.3 Å². The van der Waals surface area contributed by atoms with Crippen LogP contribution >= 0.6 is 39.1 Å². The second-order valence-electron chi connectivity index (χ2n) is 5.95. The molecule has 0 aliphatic rings. The number of nitrogens with one attached hydrogen (secondary N) is 1. The number of aromatic nitrogens is 1. The fourth-order valence-corrected chi connectivity index (χ4v) is 4.23. The number of amides is 1. The molecule has 0 radical (unpaired) electrons. The molecule has 29 heavy (non-hydrogen) atoms. The van der Waals surface area contributed by atoms with Crippen LogP contribution in [0.5, 0.6) is 5.88 Å². The van der Waals surface area contributed by atoms with Gasteiger partial charge in [-0.2, -0.15) is 0 Å². The molecule has 0 saturated carbocycles. The van der Waals surface area contributed by atoms with Gasteiger partial charge in [-0.3, -0.25) is 9.10 Å². The minimum Gasteiger partial charge on any atom is -0.493 e. The molecule has 0 bridgehead atoms. The Morgan fingerprint density at radius 1 is 1.28 bits per heavy atom. The van der Waals surface area contributed by atoms with Crippen LogP contribution in [0.1, 0.15) is 0 Å². The molecule has 1 aromatic heterocycles. The molecule has 0 aliphatic heterocycles. The monoisotopic (exact) mass is 518 g/mol. The van der Waals surface area contributed by atoms with Crippen molar-refractivity contribution in [3.05, 3.63) is 50.9 Å². The molecule has 1 heterocycles. The molecule has 3 aromatic rings. The number of carbonyl (C=O) groups is 1. The van der Waals surface area contributed by atoms with E-state index in [1.54, 1.807) is 18.2 Å². The van der Waals surface area contributed by atoms with Gasteiger partial charge in [0.1, 0.15) is 6.54 Å². The third-order valence-corrected chi connectivity index (χ3v) is 6.28. The quantitative estimate of drug-likeness (QED) is 0.460. The Labute approximate surface area is 184 Å². The van der Waals surface area contributed by atoms with Crippen molar-refractivity contribution in [2.24, 2.45) is 10.2 Å². The van der Waals surface area contributed by atoms with E-state index in [0.717, 1.165) is 15.0 Å². The topological polar surface area (TPSA) is 115 Å². The number of aromatic hydroxyl groups is 1. The first kappa shape index (κ1) is 21.6. The van der Waals surface area contributed by atoms with Crippen LogP contribution in [0, 0.1) is 0 Å². The summed E-state index contributed by atoms with van der Waals surface area (Å²) in [6.45, 7) is -0.644. The number of carbonyl (C=O) groups excluding carboxylic acids is 1. The number of sulfonamides is 1. The van der Waals surface area contributed by atoms with Gasteiger partial charge in [0.25, 0.3) is 5.91 Å². The van der Waals surface area contributed by atoms with Gasteiger partial charge < -0.3 is 10.1 Å². The summed E-state index contributed by atoms with van der Waals surface area (Å²) in [7, 11) is -3.87. The minimum atomic E-state index is -3.87. The van der Waals surface area contributed by atoms with Crippen molar-refractivity contribution in [2.75, 3.05) is 17.1 Å². The van der Waals surface area contributed by atoms with E-state index in [1.165, 1.54) is 18.2 Å². The van der Waals surface area contributed by atoms with Crippen molar-refractivity contribution in [3.63, 3.8) is 0 Å². The Morgan fingerprint density at radius 2 is 2.00 bits per heavy atom. The molecular weight excluding hydrogens is 507 g/mol. The summed E-state index contributed by atoms with van der Waals surface area (Å²) in [5.74, 6) is -1.14. The predicted octanol–water partition coefficient (Wildman–Crippen LogP) is 5.02. The molecule has 1 amide bonds. The molecule has 12 heteroatoms. The average molecular weight is 520 g/mol. The van der Waals surface area contributed by atoms with E-state index < -0.39 is 22.5 Å². The largest absolute Gasteiger partial charge is 0.493 e. The standard InChI is InChI=1S/C17H13BrCl2N4O4S/c1-29(27,28)24(13-4-2-3-11(19)15(13)20)8-14(25)22-23-16-10-7-9(18)5-6-12(10)21-17(16)26/h2-7,21,26H,8H2,1H3. The van der Waals surface area contributed by atoms with Crippen LogP contribution in [0.2, 0.25) is 10.0 Å². The Morgan fingerprint density at radius 3 is 2.69 bits per heavy atom. The molecule has 0 fully saturated rings. The van der Waals surface area contributed by atoms with Crippen molar-refractivity contribution in [2.45, 2.75) is 0 Å². The van der Waals surface area contributed by atoms with Crippen LogP contribution in [0.25, 0.3) is 10.9 Å². The van der Waals surface area contributed by atoms with Crippen LogP contribution in [-0.2, 0) is 14.8 Å². The van der Waals surface area contributed by atoms with Gasteiger partial charge in [-0.15, -0.1) is 10.2 Å². The first-order chi connectivity index (χ1) is 13.6. The summed E-state index contributed by atoms with van der Waals surface area (Å²) in [6, 6.07) is 9.60. The van der Waals surface area contributed by atoms with Gasteiger partial charge in [-0.25, -0.2) is 8.42 Å². The second kappa shape index (κ2) is 8.31. The second-order valence-corrected chi connectivity index (χ2v) is 9.56. The number of anilines is 1. The lowest BCUT2D eigenvalue weighted by molar-refractivity contribution is -0.116. The van der Waals surface area contributed by atoms with Crippen LogP contribution in [0.15, 0.2) is 51.1 Å². The lowest BCUT2D eigenvalue weighted by atomic mass is 10.2. The van der Waals surface area contributed by atoms with E-state index in [4.69, 9.17) is 23.2 Å². The van der Waals surface area contributed by atoms with Crippen LogP contribution in [-0.4, -0.2) is 37.2 Å². The first-order valence-electron chi connectivity index (χ1n) is 7.94. The van der Waals surface area contributed by atoms with Crippen LogP contribution in [0.4, 0.5) is 11.4 Å². The van der Waals surface area contributed by atoms with Gasteiger partial charge in [-0.05, 0) is 30.3 Å². The van der Waals surface area contributed by atoms with Gasteiger partial charge in [0.15, 0.2) is 5.69 Å². The minimum absolute atomic E-state index is 0.0107. The lowest BCUT2D eigenvalue weighted by Crippen LogP contribution is -2.34. The van der Waals surface area contributed by atoms with Crippen LogP contribution < -0.4 is 4.31 Å². The zero-order valence-corrected chi connectivity index (χ0v) is 18.6. The summed E-state index contributed by atoms with van der Waals surface area (Å²) in [6.07, 6.45) is 0.928. The predicted molar refractivity (Wildman–Crippen MR) is 116 cm³/mol. The molecule has 2 N–H and O–H groups in total.